The molecule has 3 aromatic rings. The third-order valence-electron chi connectivity index (χ3n) is 6.80. The van der Waals surface area contributed by atoms with Crippen molar-refractivity contribution < 1.29 is 27.5 Å². The standard InChI is InChI=1S/C27H29N3O6S/c1-18-10-11-19(37(33,34)30-12-14-35-15-13-30)16-24(18)29-25(31)17-36-27(32)26-20-6-2-4-8-22(20)28-23-9-5-3-7-21(23)26/h2,4,6,8,10-11,16H,3,5,7,9,12-15,17H2,1H3,(H,29,31). The van der Waals surface area contributed by atoms with Crippen LogP contribution in [0.15, 0.2) is 47.4 Å². The smallest absolute Gasteiger partial charge is 0.339 e. The van der Waals surface area contributed by atoms with Crippen LogP contribution in [0, 0.1) is 6.92 Å². The summed E-state index contributed by atoms with van der Waals surface area (Å²) < 4.78 is 38.1. The number of sulfonamides is 1. The average molecular weight is 524 g/mol. The van der Waals surface area contributed by atoms with Crippen LogP contribution in [0.1, 0.15) is 40.0 Å². The molecule has 2 aliphatic rings. The summed E-state index contributed by atoms with van der Waals surface area (Å²) in [5.41, 5.74) is 4.05. The van der Waals surface area contributed by atoms with Crippen LogP contribution < -0.4 is 5.32 Å². The van der Waals surface area contributed by atoms with Crippen LogP contribution in [-0.4, -0.2) is 62.5 Å². The summed E-state index contributed by atoms with van der Waals surface area (Å²) in [5, 5.41) is 3.41. The van der Waals surface area contributed by atoms with Crippen molar-refractivity contribution >= 4 is 38.5 Å². The highest BCUT2D eigenvalue weighted by Gasteiger charge is 2.27. The van der Waals surface area contributed by atoms with Crippen molar-refractivity contribution in [1.82, 2.24) is 9.29 Å². The fourth-order valence-electron chi connectivity index (χ4n) is 4.83. The monoisotopic (exact) mass is 523 g/mol. The molecule has 10 heteroatoms. The Bertz CT molecular complexity index is 1460. The molecule has 0 spiro atoms. The second-order valence-corrected chi connectivity index (χ2v) is 11.2. The van der Waals surface area contributed by atoms with Gasteiger partial charge in [0.2, 0.25) is 10.0 Å². The molecule has 0 unspecified atom stereocenters. The van der Waals surface area contributed by atoms with Crippen LogP contribution in [0.25, 0.3) is 10.9 Å². The van der Waals surface area contributed by atoms with E-state index in [1.165, 1.54) is 16.4 Å². The van der Waals surface area contributed by atoms with E-state index in [1.807, 2.05) is 24.3 Å². The molecule has 1 amide bonds. The number of hydrogen-bond donors (Lipinski definition) is 1. The lowest BCUT2D eigenvalue weighted by Gasteiger charge is -2.26. The Morgan fingerprint density at radius 3 is 2.65 bits per heavy atom. The molecular weight excluding hydrogens is 494 g/mol. The summed E-state index contributed by atoms with van der Waals surface area (Å²) in [6.45, 7) is 2.51. The number of fused-ring (bicyclic) bond motifs is 2. The molecule has 194 valence electrons. The minimum Gasteiger partial charge on any atom is -0.452 e. The largest absolute Gasteiger partial charge is 0.452 e. The highest BCUT2D eigenvalue weighted by atomic mass is 32.2. The van der Waals surface area contributed by atoms with Crippen molar-refractivity contribution in [2.24, 2.45) is 0 Å². The van der Waals surface area contributed by atoms with Gasteiger partial charge in [-0.1, -0.05) is 24.3 Å². The third-order valence-corrected chi connectivity index (χ3v) is 8.69. The number of aryl methyl sites for hydroxylation is 2. The maximum absolute atomic E-state index is 13.2. The second kappa shape index (κ2) is 10.6. The van der Waals surface area contributed by atoms with Crippen molar-refractivity contribution in [3.8, 4) is 0 Å². The first-order valence-electron chi connectivity index (χ1n) is 12.4. The number of morpholine rings is 1. The Labute approximate surface area is 215 Å². The quantitative estimate of drug-likeness (QED) is 0.493. The van der Waals surface area contributed by atoms with Crippen LogP contribution in [-0.2, 0) is 37.1 Å². The van der Waals surface area contributed by atoms with E-state index in [4.69, 9.17) is 14.5 Å². The first kappa shape index (κ1) is 25.3. The minimum atomic E-state index is -3.72. The first-order chi connectivity index (χ1) is 17.8. The highest BCUT2D eigenvalue weighted by Crippen LogP contribution is 2.30. The van der Waals surface area contributed by atoms with Crippen LogP contribution >= 0.6 is 0 Å². The zero-order valence-electron chi connectivity index (χ0n) is 20.7. The van der Waals surface area contributed by atoms with E-state index in [0.29, 0.717) is 35.4 Å². The number of aromatic nitrogens is 1. The number of esters is 1. The molecule has 5 rings (SSSR count). The molecule has 0 saturated carbocycles. The molecule has 2 aromatic carbocycles. The maximum Gasteiger partial charge on any atom is 0.339 e. The molecule has 0 atom stereocenters. The van der Waals surface area contributed by atoms with Crippen LogP contribution in [0.5, 0.6) is 0 Å². The molecular formula is C27H29N3O6S. The van der Waals surface area contributed by atoms with Gasteiger partial charge in [0.15, 0.2) is 6.61 Å². The van der Waals surface area contributed by atoms with Crippen molar-refractivity contribution in [3.05, 3.63) is 64.8 Å². The number of nitrogens with zero attached hydrogens (tertiary/aromatic N) is 2. The van der Waals surface area contributed by atoms with Gasteiger partial charge in [-0.25, -0.2) is 13.2 Å². The zero-order valence-corrected chi connectivity index (χ0v) is 21.5. The molecule has 1 aromatic heterocycles. The van der Waals surface area contributed by atoms with E-state index >= 15 is 0 Å². The van der Waals surface area contributed by atoms with Crippen molar-refractivity contribution in [1.29, 1.82) is 0 Å². The number of anilines is 1. The SMILES string of the molecule is Cc1ccc(S(=O)(=O)N2CCOCC2)cc1NC(=O)COC(=O)c1c2c(nc3ccccc13)CCCC2. The van der Waals surface area contributed by atoms with Gasteiger partial charge in [0.1, 0.15) is 0 Å². The number of nitrogens with one attached hydrogen (secondary N) is 1. The van der Waals surface area contributed by atoms with Crippen molar-refractivity contribution in [2.45, 2.75) is 37.5 Å². The Balaban J connectivity index is 1.31. The number of para-hydroxylation sites is 1. The molecule has 1 aliphatic carbocycles. The first-order valence-corrected chi connectivity index (χ1v) is 13.8. The predicted molar refractivity (Wildman–Crippen MR) is 138 cm³/mol. The summed E-state index contributed by atoms with van der Waals surface area (Å²) in [5.74, 6) is -1.11. The van der Waals surface area contributed by atoms with Crippen LogP contribution in [0.2, 0.25) is 0 Å². The third kappa shape index (κ3) is 5.22. The number of hydrogen-bond acceptors (Lipinski definition) is 7. The van der Waals surface area contributed by atoms with Crippen molar-refractivity contribution in [3.63, 3.8) is 0 Å². The molecule has 0 radical (unpaired) electrons. The molecule has 1 N–H and O–H groups in total. The number of carbonyl (C=O) groups excluding carboxylic acids is 2. The maximum atomic E-state index is 13.2. The van der Waals surface area contributed by atoms with E-state index in [9.17, 15) is 18.0 Å². The summed E-state index contributed by atoms with van der Waals surface area (Å²) >= 11 is 0. The lowest BCUT2D eigenvalue weighted by atomic mass is 9.90. The molecule has 1 aliphatic heterocycles. The zero-order chi connectivity index (χ0) is 26.0. The Morgan fingerprint density at radius 1 is 1.08 bits per heavy atom. The van der Waals surface area contributed by atoms with Crippen LogP contribution in [0.3, 0.4) is 0 Å². The molecule has 0 bridgehead atoms. The van der Waals surface area contributed by atoms with Gasteiger partial charge >= 0.3 is 5.97 Å². The van der Waals surface area contributed by atoms with Crippen molar-refractivity contribution in [2.75, 3.05) is 38.2 Å². The number of pyridine rings is 1. The van der Waals surface area contributed by atoms with Crippen LogP contribution in [0.4, 0.5) is 5.69 Å². The second-order valence-electron chi connectivity index (χ2n) is 9.25. The van der Waals surface area contributed by atoms with Gasteiger partial charge in [0.25, 0.3) is 5.91 Å². The van der Waals surface area contributed by atoms with Gasteiger partial charge < -0.3 is 14.8 Å². The Morgan fingerprint density at radius 2 is 1.84 bits per heavy atom. The van der Waals surface area contributed by atoms with Gasteiger partial charge in [0.05, 0.1) is 29.2 Å². The molecule has 37 heavy (non-hydrogen) atoms. The Kier molecular flexibility index (Phi) is 7.23. The van der Waals surface area contributed by atoms with Gasteiger partial charge in [-0.05, 0) is 61.9 Å². The lowest BCUT2D eigenvalue weighted by molar-refractivity contribution is -0.119. The minimum absolute atomic E-state index is 0.0854. The lowest BCUT2D eigenvalue weighted by Crippen LogP contribution is -2.40. The molecule has 1 saturated heterocycles. The number of ether oxygens (including phenoxy) is 2. The number of amides is 1. The highest BCUT2D eigenvalue weighted by molar-refractivity contribution is 7.89. The fraction of sp³-hybridized carbons (Fsp3) is 0.370. The molecule has 9 nitrogen and oxygen atoms in total. The van der Waals surface area contributed by atoms with E-state index in [0.717, 1.165) is 42.5 Å². The number of rotatable bonds is 6. The van der Waals surface area contributed by atoms with Gasteiger partial charge in [-0.3, -0.25) is 9.78 Å². The summed E-state index contributed by atoms with van der Waals surface area (Å²) in [4.78, 5) is 30.7. The van der Waals surface area contributed by atoms with E-state index < -0.39 is 28.5 Å². The molecule has 2 heterocycles. The van der Waals surface area contributed by atoms with Gasteiger partial charge in [0, 0.05) is 29.9 Å². The topological polar surface area (TPSA) is 115 Å². The average Bonchev–Trinajstić information content (AvgIpc) is 2.92. The van der Waals surface area contributed by atoms with Gasteiger partial charge in [-0.2, -0.15) is 4.31 Å². The van der Waals surface area contributed by atoms with E-state index in [2.05, 4.69) is 5.32 Å². The summed E-state index contributed by atoms with van der Waals surface area (Å²) in [7, 11) is -3.72. The molecule has 1 fully saturated rings. The predicted octanol–water partition coefficient (Wildman–Crippen LogP) is 3.24. The number of carbonyl (C=O) groups is 2. The summed E-state index contributed by atoms with van der Waals surface area (Å²) in [6.07, 6.45) is 3.54. The normalized spacial score (nSPS) is 16.2. The summed E-state index contributed by atoms with van der Waals surface area (Å²) in [6, 6.07) is 12.0. The number of benzene rings is 2. The van der Waals surface area contributed by atoms with E-state index in [1.54, 1.807) is 13.0 Å². The van der Waals surface area contributed by atoms with Gasteiger partial charge in [-0.15, -0.1) is 0 Å². The van der Waals surface area contributed by atoms with E-state index in [-0.39, 0.29) is 18.0 Å². The Hall–Kier alpha value is -3.34. The fourth-order valence-corrected chi connectivity index (χ4v) is 6.26.